The highest BCUT2D eigenvalue weighted by Crippen LogP contribution is 2.19. The van der Waals surface area contributed by atoms with Crippen LogP contribution in [-0.2, 0) is 6.61 Å². The number of carboxylic acids is 1. The summed E-state index contributed by atoms with van der Waals surface area (Å²) in [7, 11) is 0. The topological polar surface area (TPSA) is 74.8 Å². The zero-order valence-electron chi connectivity index (χ0n) is 7.51. The lowest BCUT2D eigenvalue weighted by molar-refractivity contribution is 0.0696. The van der Waals surface area contributed by atoms with Gasteiger partial charge in [0.05, 0.1) is 24.1 Å². The largest absolute Gasteiger partial charge is 0.478 e. The van der Waals surface area contributed by atoms with Gasteiger partial charge in [-0.3, -0.25) is 0 Å². The van der Waals surface area contributed by atoms with E-state index >= 15 is 0 Å². The highest BCUT2D eigenvalue weighted by Gasteiger charge is 2.11. The molecule has 0 aliphatic heterocycles. The first-order valence-corrected chi connectivity index (χ1v) is 4.92. The van der Waals surface area contributed by atoms with E-state index in [4.69, 9.17) is 10.2 Å². The molecule has 0 radical (unpaired) electrons. The number of aromatic nitrogens is 2. The van der Waals surface area contributed by atoms with E-state index in [0.717, 1.165) is 0 Å². The quantitative estimate of drug-likeness (QED) is 0.863. The molecule has 2 N–H and O–H groups in total. The lowest BCUT2D eigenvalue weighted by atomic mass is 10.3. The normalized spacial score (nSPS) is 10.8. The molecule has 2 aromatic rings. The fourth-order valence-electron chi connectivity index (χ4n) is 1.33. The molecular formula is C9H7BrN2O3. The zero-order valence-corrected chi connectivity index (χ0v) is 9.10. The summed E-state index contributed by atoms with van der Waals surface area (Å²) in [4.78, 5) is 14.8. The minimum Gasteiger partial charge on any atom is -0.478 e. The third kappa shape index (κ3) is 1.62. The van der Waals surface area contributed by atoms with Gasteiger partial charge >= 0.3 is 5.97 Å². The number of halogens is 1. The van der Waals surface area contributed by atoms with Crippen molar-refractivity contribution >= 4 is 27.5 Å². The first-order valence-electron chi connectivity index (χ1n) is 4.13. The van der Waals surface area contributed by atoms with Gasteiger partial charge in [-0.1, -0.05) is 0 Å². The van der Waals surface area contributed by atoms with Crippen LogP contribution in [0.4, 0.5) is 0 Å². The van der Waals surface area contributed by atoms with E-state index in [1.807, 2.05) is 0 Å². The zero-order chi connectivity index (χ0) is 11.0. The van der Waals surface area contributed by atoms with Crippen molar-refractivity contribution < 1.29 is 15.0 Å². The van der Waals surface area contributed by atoms with Crippen LogP contribution >= 0.6 is 15.9 Å². The predicted octanol–water partition coefficient (Wildman–Crippen LogP) is 1.29. The van der Waals surface area contributed by atoms with Crippen LogP contribution in [0.15, 0.2) is 22.9 Å². The molecule has 0 bridgehead atoms. The van der Waals surface area contributed by atoms with E-state index in [0.29, 0.717) is 15.8 Å². The van der Waals surface area contributed by atoms with Crippen molar-refractivity contribution in [1.29, 1.82) is 0 Å². The molecule has 5 nitrogen and oxygen atoms in total. The van der Waals surface area contributed by atoms with Crippen LogP contribution in [-0.4, -0.2) is 25.6 Å². The number of pyridine rings is 1. The summed E-state index contributed by atoms with van der Waals surface area (Å²) >= 11 is 3.15. The van der Waals surface area contributed by atoms with E-state index in [1.54, 1.807) is 10.6 Å². The van der Waals surface area contributed by atoms with Gasteiger partial charge < -0.3 is 14.6 Å². The molecule has 0 aliphatic rings. The lowest BCUT2D eigenvalue weighted by Crippen LogP contribution is -2.01. The van der Waals surface area contributed by atoms with Crippen LogP contribution in [0.2, 0.25) is 0 Å². The molecule has 2 aromatic heterocycles. The Morgan fingerprint density at radius 2 is 2.33 bits per heavy atom. The Kier molecular flexibility index (Phi) is 2.45. The molecule has 0 saturated heterocycles. The number of carboxylic acid groups (broad SMARTS) is 1. The number of fused-ring (bicyclic) bond motifs is 1. The molecular weight excluding hydrogens is 264 g/mol. The van der Waals surface area contributed by atoms with Crippen molar-refractivity contribution in [3.63, 3.8) is 0 Å². The second kappa shape index (κ2) is 3.63. The van der Waals surface area contributed by atoms with Crippen LogP contribution in [0.3, 0.4) is 0 Å². The summed E-state index contributed by atoms with van der Waals surface area (Å²) in [5, 5.41) is 17.9. The molecule has 6 heteroatoms. The van der Waals surface area contributed by atoms with Crippen molar-refractivity contribution in [3.05, 3.63) is 34.2 Å². The van der Waals surface area contributed by atoms with Gasteiger partial charge in [-0.25, -0.2) is 9.78 Å². The van der Waals surface area contributed by atoms with Crippen LogP contribution in [0.25, 0.3) is 5.65 Å². The number of rotatable bonds is 2. The third-order valence-corrected chi connectivity index (χ3v) is 2.70. The Morgan fingerprint density at radius 1 is 1.60 bits per heavy atom. The molecule has 0 aliphatic carbocycles. The SMILES string of the molecule is O=C(O)c1cc2ncc(CO)n2cc1Br. The minimum absolute atomic E-state index is 0.139. The second-order valence-corrected chi connectivity index (χ2v) is 3.83. The molecule has 0 atom stereocenters. The van der Waals surface area contributed by atoms with Gasteiger partial charge in [0.2, 0.25) is 0 Å². The molecule has 0 spiro atoms. The smallest absolute Gasteiger partial charge is 0.337 e. The highest BCUT2D eigenvalue weighted by atomic mass is 79.9. The van der Waals surface area contributed by atoms with Crippen LogP contribution < -0.4 is 0 Å². The lowest BCUT2D eigenvalue weighted by Gasteiger charge is -2.02. The Morgan fingerprint density at radius 3 is 2.93 bits per heavy atom. The number of aliphatic hydroxyl groups excluding tert-OH is 1. The van der Waals surface area contributed by atoms with Crippen molar-refractivity contribution in [2.75, 3.05) is 0 Å². The molecule has 2 rings (SSSR count). The Labute approximate surface area is 93.1 Å². The van der Waals surface area contributed by atoms with Crippen molar-refractivity contribution in [2.24, 2.45) is 0 Å². The molecule has 78 valence electrons. The summed E-state index contributed by atoms with van der Waals surface area (Å²) in [6.45, 7) is -0.139. The third-order valence-electron chi connectivity index (χ3n) is 2.07. The Bertz CT molecular complexity index is 535. The number of nitrogens with zero attached hydrogens (tertiary/aromatic N) is 2. The summed E-state index contributed by atoms with van der Waals surface area (Å²) in [5.74, 6) is -1.02. The van der Waals surface area contributed by atoms with Gasteiger partial charge in [0.25, 0.3) is 0 Å². The molecule has 0 fully saturated rings. The average Bonchev–Trinajstić information content (AvgIpc) is 2.58. The van der Waals surface area contributed by atoms with Gasteiger partial charge in [-0.05, 0) is 22.0 Å². The van der Waals surface area contributed by atoms with Crippen LogP contribution in [0.1, 0.15) is 16.1 Å². The standard InChI is InChI=1S/C9H7BrN2O3/c10-7-3-12-5(4-13)2-11-8(12)1-6(7)9(14)15/h1-3,13H,4H2,(H,14,15). The van der Waals surface area contributed by atoms with Gasteiger partial charge in [0.15, 0.2) is 0 Å². The van der Waals surface area contributed by atoms with Crippen LogP contribution in [0, 0.1) is 0 Å². The van der Waals surface area contributed by atoms with E-state index in [1.165, 1.54) is 12.3 Å². The number of carbonyl (C=O) groups is 1. The van der Waals surface area contributed by atoms with Gasteiger partial charge in [-0.15, -0.1) is 0 Å². The first-order chi connectivity index (χ1) is 7.13. The van der Waals surface area contributed by atoms with E-state index in [2.05, 4.69) is 20.9 Å². The summed E-state index contributed by atoms with van der Waals surface area (Å²) in [6.07, 6.45) is 3.09. The number of hydrogen-bond donors (Lipinski definition) is 2. The minimum atomic E-state index is -1.02. The Hall–Kier alpha value is -1.40. The van der Waals surface area contributed by atoms with Crippen LogP contribution in [0.5, 0.6) is 0 Å². The number of aromatic carboxylic acids is 1. The molecule has 0 aromatic carbocycles. The van der Waals surface area contributed by atoms with Gasteiger partial charge in [0, 0.05) is 10.7 Å². The molecule has 15 heavy (non-hydrogen) atoms. The summed E-state index contributed by atoms with van der Waals surface area (Å²) < 4.78 is 2.09. The summed E-state index contributed by atoms with van der Waals surface area (Å²) in [5.41, 5.74) is 1.26. The van der Waals surface area contributed by atoms with E-state index in [-0.39, 0.29) is 12.2 Å². The monoisotopic (exact) mass is 270 g/mol. The van der Waals surface area contributed by atoms with Gasteiger partial charge in [-0.2, -0.15) is 0 Å². The molecule has 2 heterocycles. The number of aliphatic hydroxyl groups is 1. The maximum atomic E-state index is 10.8. The highest BCUT2D eigenvalue weighted by molar-refractivity contribution is 9.10. The van der Waals surface area contributed by atoms with E-state index in [9.17, 15) is 4.79 Å². The van der Waals surface area contributed by atoms with Crippen molar-refractivity contribution in [2.45, 2.75) is 6.61 Å². The maximum absolute atomic E-state index is 10.8. The fourth-order valence-corrected chi connectivity index (χ4v) is 1.82. The van der Waals surface area contributed by atoms with Crippen molar-refractivity contribution in [1.82, 2.24) is 9.38 Å². The number of imidazole rings is 1. The molecule has 0 saturated carbocycles. The van der Waals surface area contributed by atoms with Gasteiger partial charge in [0.1, 0.15) is 5.65 Å². The molecule has 0 amide bonds. The average molecular weight is 271 g/mol. The molecule has 0 unspecified atom stereocenters. The first kappa shape index (κ1) is 10.1. The van der Waals surface area contributed by atoms with E-state index < -0.39 is 5.97 Å². The second-order valence-electron chi connectivity index (χ2n) is 2.98. The number of hydrogen-bond acceptors (Lipinski definition) is 3. The predicted molar refractivity (Wildman–Crippen MR) is 55.8 cm³/mol. The Balaban J connectivity index is 2.72. The van der Waals surface area contributed by atoms with Crippen molar-refractivity contribution in [3.8, 4) is 0 Å². The maximum Gasteiger partial charge on any atom is 0.337 e. The fraction of sp³-hybridized carbons (Fsp3) is 0.111. The summed E-state index contributed by atoms with van der Waals surface area (Å²) in [6, 6.07) is 1.45.